The molecule has 0 radical (unpaired) electrons. The van der Waals surface area contributed by atoms with Gasteiger partial charge in [-0.1, -0.05) is 59.5 Å². The van der Waals surface area contributed by atoms with Gasteiger partial charge in [-0.2, -0.15) is 0 Å². The number of rotatable bonds is 1. The summed E-state index contributed by atoms with van der Waals surface area (Å²) in [6, 6.07) is 21.3. The molecule has 0 saturated heterocycles. The van der Waals surface area contributed by atoms with Gasteiger partial charge in [-0.15, -0.1) is 0 Å². The average molecular weight is 241 g/mol. The van der Waals surface area contributed by atoms with Crippen LogP contribution in [0.5, 0.6) is 0 Å². The number of aromatic nitrogens is 1. The Morgan fingerprint density at radius 3 is 2.37 bits per heavy atom. The van der Waals surface area contributed by atoms with Crippen molar-refractivity contribution in [3.05, 3.63) is 66.9 Å². The molecule has 1 aromatic heterocycles. The fraction of sp³-hybridized carbons (Fsp3) is 0. The molecule has 1 aliphatic rings. The zero-order chi connectivity index (χ0) is 12.7. The molecule has 19 heavy (non-hydrogen) atoms. The summed E-state index contributed by atoms with van der Waals surface area (Å²) in [6.07, 6.45) is 1.86. The van der Waals surface area contributed by atoms with Crippen molar-refractivity contribution in [2.45, 2.75) is 0 Å². The quantitative estimate of drug-likeness (QED) is 0.465. The van der Waals surface area contributed by atoms with E-state index in [2.05, 4.69) is 53.5 Å². The van der Waals surface area contributed by atoms with Gasteiger partial charge in [0, 0.05) is 11.8 Å². The van der Waals surface area contributed by atoms with Crippen molar-refractivity contribution in [3.63, 3.8) is 0 Å². The van der Waals surface area contributed by atoms with Crippen molar-refractivity contribution in [2.75, 3.05) is 0 Å². The Labute approximate surface area is 113 Å². The van der Waals surface area contributed by atoms with Gasteiger partial charge >= 0.3 is 0 Å². The van der Waals surface area contributed by atoms with Crippen LogP contribution in [0.2, 0.25) is 0 Å². The van der Waals surface area contributed by atoms with E-state index in [1.807, 2.05) is 18.3 Å². The highest BCUT2D eigenvalue weighted by molar-refractivity contribution is 6.73. The van der Waals surface area contributed by atoms with Crippen LogP contribution in [0.15, 0.2) is 66.9 Å². The maximum Gasteiger partial charge on any atom is 0.193 e. The Morgan fingerprint density at radius 1 is 0.684 bits per heavy atom. The van der Waals surface area contributed by atoms with Gasteiger partial charge in [0.1, 0.15) is 0 Å². The van der Waals surface area contributed by atoms with E-state index < -0.39 is 0 Å². The largest absolute Gasteiger partial charge is 0.256 e. The summed E-state index contributed by atoms with van der Waals surface area (Å²) in [6.45, 7) is 0. The van der Waals surface area contributed by atoms with Crippen LogP contribution in [0, 0.1) is 0 Å². The number of fused-ring (bicyclic) bond motifs is 3. The van der Waals surface area contributed by atoms with Gasteiger partial charge in [0.2, 0.25) is 0 Å². The van der Waals surface area contributed by atoms with Crippen molar-refractivity contribution in [3.8, 4) is 22.4 Å². The number of pyridine rings is 1. The number of hydrogen-bond donors (Lipinski definition) is 0. The van der Waals surface area contributed by atoms with Crippen LogP contribution in [-0.2, 0) is 0 Å². The monoisotopic (exact) mass is 241 g/mol. The molecule has 0 fully saturated rings. The van der Waals surface area contributed by atoms with E-state index in [1.54, 1.807) is 0 Å². The molecule has 4 rings (SSSR count). The SMILES string of the molecule is B1c2ccccc2-c2c1cccc2-c1ccccn1. The van der Waals surface area contributed by atoms with Crippen molar-refractivity contribution < 1.29 is 0 Å². The standard InChI is InChI=1S/C17H12BN/c1-2-8-14-12(6-1)17-13(7-5-9-15(17)18-14)16-10-3-4-11-19-16/h1-11,18H. The van der Waals surface area contributed by atoms with Crippen LogP contribution in [0.1, 0.15) is 0 Å². The fourth-order valence-electron chi connectivity index (χ4n) is 2.92. The first kappa shape index (κ1) is 10.6. The minimum Gasteiger partial charge on any atom is -0.256 e. The van der Waals surface area contributed by atoms with E-state index in [9.17, 15) is 0 Å². The highest BCUT2D eigenvalue weighted by atomic mass is 14.7. The third-order valence-electron chi connectivity index (χ3n) is 3.76. The van der Waals surface area contributed by atoms with E-state index in [0.717, 1.165) is 13.0 Å². The highest BCUT2D eigenvalue weighted by Gasteiger charge is 2.22. The molecule has 0 unspecified atom stereocenters. The smallest absolute Gasteiger partial charge is 0.193 e. The lowest BCUT2D eigenvalue weighted by molar-refractivity contribution is 1.33. The third kappa shape index (κ3) is 1.60. The molecule has 0 spiro atoms. The molecule has 88 valence electrons. The molecular formula is C17H12BN. The summed E-state index contributed by atoms with van der Waals surface area (Å²) in [5, 5.41) is 0. The Balaban J connectivity index is 2.01. The molecule has 0 aliphatic carbocycles. The first-order valence-corrected chi connectivity index (χ1v) is 6.55. The Morgan fingerprint density at radius 2 is 1.47 bits per heavy atom. The van der Waals surface area contributed by atoms with Crippen LogP contribution < -0.4 is 10.9 Å². The second-order valence-electron chi connectivity index (χ2n) is 4.89. The zero-order valence-corrected chi connectivity index (χ0v) is 10.5. The minimum atomic E-state index is 1.03. The molecule has 0 saturated carbocycles. The normalized spacial score (nSPS) is 11.6. The first-order valence-electron chi connectivity index (χ1n) is 6.55. The summed E-state index contributed by atoms with van der Waals surface area (Å²) in [5.41, 5.74) is 7.83. The summed E-state index contributed by atoms with van der Waals surface area (Å²) in [5.74, 6) is 0. The molecule has 0 bridgehead atoms. The molecule has 1 nitrogen and oxygen atoms in total. The number of nitrogens with zero attached hydrogens (tertiary/aromatic N) is 1. The predicted octanol–water partition coefficient (Wildman–Crippen LogP) is 2.12. The topological polar surface area (TPSA) is 12.9 Å². The molecule has 2 aromatic carbocycles. The van der Waals surface area contributed by atoms with Crippen molar-refractivity contribution in [1.29, 1.82) is 0 Å². The maximum absolute atomic E-state index is 4.50. The Kier molecular flexibility index (Phi) is 2.28. The van der Waals surface area contributed by atoms with E-state index in [1.165, 1.54) is 27.6 Å². The molecule has 0 atom stereocenters. The Hall–Kier alpha value is -2.35. The van der Waals surface area contributed by atoms with Crippen molar-refractivity contribution >= 4 is 18.2 Å². The van der Waals surface area contributed by atoms with Gasteiger partial charge in [-0.05, 0) is 23.3 Å². The van der Waals surface area contributed by atoms with Gasteiger partial charge in [-0.3, -0.25) is 4.98 Å². The summed E-state index contributed by atoms with van der Waals surface area (Å²) in [4.78, 5) is 4.50. The van der Waals surface area contributed by atoms with E-state index in [0.29, 0.717) is 0 Å². The molecule has 0 N–H and O–H groups in total. The molecule has 2 heterocycles. The van der Waals surface area contributed by atoms with Gasteiger partial charge in [-0.25, -0.2) is 0 Å². The second kappa shape index (κ2) is 4.09. The Bertz CT molecular complexity index is 750. The van der Waals surface area contributed by atoms with Crippen LogP contribution >= 0.6 is 0 Å². The van der Waals surface area contributed by atoms with Gasteiger partial charge < -0.3 is 0 Å². The fourth-order valence-corrected chi connectivity index (χ4v) is 2.92. The highest BCUT2D eigenvalue weighted by Crippen LogP contribution is 2.30. The minimum absolute atomic E-state index is 1.03. The average Bonchev–Trinajstić information content (AvgIpc) is 2.86. The second-order valence-corrected chi connectivity index (χ2v) is 4.89. The molecule has 3 aromatic rings. The molecular weight excluding hydrogens is 229 g/mol. The van der Waals surface area contributed by atoms with Crippen molar-refractivity contribution in [2.24, 2.45) is 0 Å². The van der Waals surface area contributed by atoms with E-state index >= 15 is 0 Å². The van der Waals surface area contributed by atoms with E-state index in [-0.39, 0.29) is 0 Å². The number of benzene rings is 2. The summed E-state index contributed by atoms with van der Waals surface area (Å²) in [7, 11) is 1.03. The van der Waals surface area contributed by atoms with E-state index in [4.69, 9.17) is 0 Å². The van der Waals surface area contributed by atoms with Crippen molar-refractivity contribution in [1.82, 2.24) is 4.98 Å². The van der Waals surface area contributed by atoms with Gasteiger partial charge in [0.25, 0.3) is 0 Å². The third-order valence-corrected chi connectivity index (χ3v) is 3.76. The molecule has 2 heteroatoms. The molecule has 1 aliphatic heterocycles. The van der Waals surface area contributed by atoms with Crippen LogP contribution in [0.25, 0.3) is 22.4 Å². The van der Waals surface area contributed by atoms with Gasteiger partial charge in [0.05, 0.1) is 5.69 Å². The lowest BCUT2D eigenvalue weighted by atomic mass is 9.68. The maximum atomic E-state index is 4.50. The first-order chi connectivity index (χ1) is 9.43. The van der Waals surface area contributed by atoms with Crippen LogP contribution in [0.4, 0.5) is 0 Å². The van der Waals surface area contributed by atoms with Crippen LogP contribution in [-0.4, -0.2) is 12.3 Å². The predicted molar refractivity (Wildman–Crippen MR) is 81.5 cm³/mol. The zero-order valence-electron chi connectivity index (χ0n) is 10.5. The van der Waals surface area contributed by atoms with Gasteiger partial charge in [0.15, 0.2) is 7.28 Å². The number of hydrogen-bond acceptors (Lipinski definition) is 1. The lowest BCUT2D eigenvalue weighted by Crippen LogP contribution is -2.20. The molecule has 0 amide bonds. The van der Waals surface area contributed by atoms with Crippen LogP contribution in [0.3, 0.4) is 0 Å². The lowest BCUT2D eigenvalue weighted by Gasteiger charge is -2.09. The summed E-state index contributed by atoms with van der Waals surface area (Å²) < 4.78 is 0. The summed E-state index contributed by atoms with van der Waals surface area (Å²) >= 11 is 0.